The molecule has 0 unspecified atom stereocenters. The van der Waals surface area contributed by atoms with Crippen LogP contribution in [0, 0.1) is 5.41 Å². The highest BCUT2D eigenvalue weighted by Crippen LogP contribution is 2.31. The third-order valence-corrected chi connectivity index (χ3v) is 3.70. The molecule has 1 aliphatic carbocycles. The summed E-state index contributed by atoms with van der Waals surface area (Å²) < 4.78 is 1.54. The molecule has 1 N–H and O–H groups in total. The predicted molar refractivity (Wildman–Crippen MR) is 71.2 cm³/mol. The minimum Gasteiger partial charge on any atom is -0.481 e. The van der Waals surface area contributed by atoms with Gasteiger partial charge in [-0.05, 0) is 31.1 Å². The monoisotopic (exact) mass is 264 g/mol. The summed E-state index contributed by atoms with van der Waals surface area (Å²) in [6, 6.07) is 0. The Morgan fingerprint density at radius 2 is 2.26 bits per heavy atom. The highest BCUT2D eigenvalue weighted by atomic mass is 16.4. The molecule has 0 radical (unpaired) electrons. The molecule has 2 rings (SSSR count). The molecule has 19 heavy (non-hydrogen) atoms. The van der Waals surface area contributed by atoms with Gasteiger partial charge in [-0.1, -0.05) is 13.8 Å². The van der Waals surface area contributed by atoms with Gasteiger partial charge in [0.25, 0.3) is 5.56 Å². The van der Waals surface area contributed by atoms with Crippen LogP contribution in [0.3, 0.4) is 0 Å². The largest absolute Gasteiger partial charge is 0.481 e. The van der Waals surface area contributed by atoms with Crippen LogP contribution in [0.4, 0.5) is 0 Å². The van der Waals surface area contributed by atoms with Crippen LogP contribution in [0.2, 0.25) is 0 Å². The number of nitrogens with zero attached hydrogens (tertiary/aromatic N) is 2. The summed E-state index contributed by atoms with van der Waals surface area (Å²) in [5, 5.41) is 8.62. The maximum Gasteiger partial charge on any atom is 0.303 e. The fourth-order valence-corrected chi connectivity index (χ4v) is 2.54. The van der Waals surface area contributed by atoms with Crippen molar-refractivity contribution in [2.24, 2.45) is 5.41 Å². The minimum absolute atomic E-state index is 0.00293. The molecule has 0 aromatic carbocycles. The first-order chi connectivity index (χ1) is 8.89. The molecule has 0 aliphatic heterocycles. The van der Waals surface area contributed by atoms with E-state index in [1.165, 1.54) is 0 Å². The number of hydrogen-bond acceptors (Lipinski definition) is 3. The van der Waals surface area contributed by atoms with Crippen LogP contribution in [-0.2, 0) is 24.2 Å². The molecule has 1 aromatic rings. The lowest BCUT2D eigenvalue weighted by molar-refractivity contribution is -0.137. The van der Waals surface area contributed by atoms with Gasteiger partial charge in [0, 0.05) is 18.5 Å². The number of fused-ring (bicyclic) bond motifs is 1. The van der Waals surface area contributed by atoms with Crippen LogP contribution in [-0.4, -0.2) is 20.6 Å². The van der Waals surface area contributed by atoms with Crippen LogP contribution in [0.1, 0.15) is 44.4 Å². The second kappa shape index (κ2) is 5.15. The van der Waals surface area contributed by atoms with E-state index in [1.54, 1.807) is 10.9 Å². The number of hydrogen-bond donors (Lipinski definition) is 1. The van der Waals surface area contributed by atoms with Gasteiger partial charge in [-0.3, -0.25) is 14.2 Å². The van der Waals surface area contributed by atoms with Gasteiger partial charge in [0.2, 0.25) is 0 Å². The topological polar surface area (TPSA) is 72.2 Å². The Morgan fingerprint density at radius 3 is 2.95 bits per heavy atom. The normalized spacial score (nSPS) is 16.9. The second-order valence-electron chi connectivity index (χ2n) is 6.01. The highest BCUT2D eigenvalue weighted by molar-refractivity contribution is 5.66. The van der Waals surface area contributed by atoms with Crippen LogP contribution >= 0.6 is 0 Å². The van der Waals surface area contributed by atoms with Crippen molar-refractivity contribution in [2.75, 3.05) is 0 Å². The van der Waals surface area contributed by atoms with Crippen LogP contribution in [0.5, 0.6) is 0 Å². The molecule has 0 atom stereocenters. The lowest BCUT2D eigenvalue weighted by Gasteiger charge is -2.30. The molecule has 1 aromatic heterocycles. The average Bonchev–Trinajstić information content (AvgIpc) is 2.32. The van der Waals surface area contributed by atoms with Crippen molar-refractivity contribution in [3.05, 3.63) is 27.9 Å². The zero-order chi connectivity index (χ0) is 14.0. The summed E-state index contributed by atoms with van der Waals surface area (Å²) in [4.78, 5) is 27.2. The number of carboxylic acid groups (broad SMARTS) is 1. The van der Waals surface area contributed by atoms with Gasteiger partial charge >= 0.3 is 5.97 Å². The Labute approximate surface area is 112 Å². The van der Waals surface area contributed by atoms with Crippen molar-refractivity contribution >= 4 is 5.97 Å². The predicted octanol–water partition coefficient (Wildman–Crippen LogP) is 1.62. The summed E-state index contributed by atoms with van der Waals surface area (Å²) in [5.41, 5.74) is 1.88. The number of aromatic nitrogens is 2. The maximum atomic E-state index is 12.4. The SMILES string of the molecule is CC1(C)CCc2ncn(CCCC(=O)O)c(=O)c2C1. The van der Waals surface area contributed by atoms with Gasteiger partial charge in [0.05, 0.1) is 12.0 Å². The molecule has 5 heteroatoms. The van der Waals surface area contributed by atoms with Gasteiger partial charge in [0.15, 0.2) is 0 Å². The van der Waals surface area contributed by atoms with E-state index >= 15 is 0 Å². The molecule has 1 heterocycles. The van der Waals surface area contributed by atoms with Crippen molar-refractivity contribution in [1.82, 2.24) is 9.55 Å². The van der Waals surface area contributed by atoms with Crippen LogP contribution in [0.15, 0.2) is 11.1 Å². The second-order valence-corrected chi connectivity index (χ2v) is 6.01. The van der Waals surface area contributed by atoms with Gasteiger partial charge < -0.3 is 5.11 Å². The van der Waals surface area contributed by atoms with E-state index in [0.29, 0.717) is 13.0 Å². The van der Waals surface area contributed by atoms with Crippen molar-refractivity contribution in [1.29, 1.82) is 0 Å². The third-order valence-electron chi connectivity index (χ3n) is 3.70. The van der Waals surface area contributed by atoms with E-state index in [0.717, 1.165) is 30.5 Å². The third kappa shape index (κ3) is 3.22. The molecule has 5 nitrogen and oxygen atoms in total. The number of carboxylic acids is 1. The highest BCUT2D eigenvalue weighted by Gasteiger charge is 2.28. The number of aryl methyl sites for hydroxylation is 2. The Hall–Kier alpha value is -1.65. The number of aliphatic carboxylic acids is 1. The number of rotatable bonds is 4. The summed E-state index contributed by atoms with van der Waals surface area (Å²) in [6.07, 6.45) is 4.76. The molecule has 0 spiro atoms. The zero-order valence-corrected chi connectivity index (χ0v) is 11.5. The lowest BCUT2D eigenvalue weighted by atomic mass is 9.76. The van der Waals surface area contributed by atoms with Crippen LogP contribution < -0.4 is 5.56 Å². The van der Waals surface area contributed by atoms with Crippen molar-refractivity contribution < 1.29 is 9.90 Å². The van der Waals surface area contributed by atoms with Crippen molar-refractivity contribution in [3.63, 3.8) is 0 Å². The van der Waals surface area contributed by atoms with E-state index < -0.39 is 5.97 Å². The molecule has 0 bridgehead atoms. The molecule has 0 fully saturated rings. The quantitative estimate of drug-likeness (QED) is 0.897. The molecule has 0 saturated carbocycles. The summed E-state index contributed by atoms with van der Waals surface area (Å²) in [5.74, 6) is -0.833. The van der Waals surface area contributed by atoms with Crippen molar-refractivity contribution in [2.45, 2.75) is 52.5 Å². The number of carbonyl (C=O) groups is 1. The summed E-state index contributed by atoms with van der Waals surface area (Å²) in [7, 11) is 0. The van der Waals surface area contributed by atoms with Gasteiger partial charge in [0.1, 0.15) is 0 Å². The van der Waals surface area contributed by atoms with Gasteiger partial charge in [-0.15, -0.1) is 0 Å². The Bertz CT molecular complexity index is 546. The van der Waals surface area contributed by atoms with E-state index in [1.807, 2.05) is 0 Å². The zero-order valence-electron chi connectivity index (χ0n) is 11.5. The first-order valence-corrected chi connectivity index (χ1v) is 6.68. The molecule has 0 saturated heterocycles. The summed E-state index contributed by atoms with van der Waals surface area (Å²) in [6.45, 7) is 4.75. The standard InChI is InChI=1S/C14H20N2O3/c1-14(2)6-5-11-10(8-14)13(19)16(9-15-11)7-3-4-12(17)18/h9H,3-8H2,1-2H3,(H,17,18). The van der Waals surface area contributed by atoms with E-state index in [4.69, 9.17) is 5.11 Å². The van der Waals surface area contributed by atoms with Crippen molar-refractivity contribution in [3.8, 4) is 0 Å². The lowest BCUT2D eigenvalue weighted by Crippen LogP contribution is -2.33. The van der Waals surface area contributed by atoms with E-state index in [2.05, 4.69) is 18.8 Å². The first kappa shape index (κ1) is 13.8. The Kier molecular flexibility index (Phi) is 3.73. The van der Waals surface area contributed by atoms with E-state index in [9.17, 15) is 9.59 Å². The minimum atomic E-state index is -0.833. The Balaban J connectivity index is 2.20. The smallest absolute Gasteiger partial charge is 0.303 e. The molecule has 104 valence electrons. The van der Waals surface area contributed by atoms with Crippen LogP contribution in [0.25, 0.3) is 0 Å². The van der Waals surface area contributed by atoms with E-state index in [-0.39, 0.29) is 17.4 Å². The summed E-state index contributed by atoms with van der Waals surface area (Å²) >= 11 is 0. The average molecular weight is 264 g/mol. The fraction of sp³-hybridized carbons (Fsp3) is 0.643. The Morgan fingerprint density at radius 1 is 1.53 bits per heavy atom. The maximum absolute atomic E-state index is 12.4. The first-order valence-electron chi connectivity index (χ1n) is 6.68. The molecule has 0 amide bonds. The molecular formula is C14H20N2O3. The van der Waals surface area contributed by atoms with Gasteiger partial charge in [-0.25, -0.2) is 4.98 Å². The molecule has 1 aliphatic rings. The molecular weight excluding hydrogens is 244 g/mol. The van der Waals surface area contributed by atoms with Gasteiger partial charge in [-0.2, -0.15) is 0 Å². The fourth-order valence-electron chi connectivity index (χ4n) is 2.54.